The number of aromatic nitrogens is 6. The van der Waals surface area contributed by atoms with Crippen molar-refractivity contribution in [3.63, 3.8) is 0 Å². The molecule has 4 aromatic heterocycles. The Bertz CT molecular complexity index is 1580. The lowest BCUT2D eigenvalue weighted by Gasteiger charge is -2.20. The van der Waals surface area contributed by atoms with Gasteiger partial charge in [0, 0.05) is 24.8 Å². The predicted octanol–water partition coefficient (Wildman–Crippen LogP) is 4.52. The Balaban J connectivity index is 1.52. The molecule has 0 fully saturated rings. The molecule has 0 radical (unpaired) electrons. The Hall–Kier alpha value is -4.51. The van der Waals surface area contributed by atoms with Gasteiger partial charge in [0.2, 0.25) is 0 Å². The first-order valence-corrected chi connectivity index (χ1v) is 12.6. The predicted molar refractivity (Wildman–Crippen MR) is 145 cm³/mol. The summed E-state index contributed by atoms with van der Waals surface area (Å²) in [5.41, 5.74) is 2.74. The van der Waals surface area contributed by atoms with Gasteiger partial charge >= 0.3 is 0 Å². The topological polar surface area (TPSA) is 136 Å². The molecule has 1 atom stereocenters. The van der Waals surface area contributed by atoms with Crippen LogP contribution in [-0.4, -0.2) is 41.2 Å². The SMILES string of the molecule is CCCn1c(=O)c2ccc(Nc3cc(N[C@H](CO)c4ccccc4)c(-c4ncno4)cn3)nc2n1C(C)C. The average molecular weight is 515 g/mol. The molecule has 0 aliphatic rings. The van der Waals surface area contributed by atoms with Crippen molar-refractivity contribution < 1.29 is 9.63 Å². The van der Waals surface area contributed by atoms with E-state index in [4.69, 9.17) is 9.51 Å². The quantitative estimate of drug-likeness (QED) is 0.246. The number of nitrogens with one attached hydrogen (secondary N) is 2. The van der Waals surface area contributed by atoms with Gasteiger partial charge in [-0.25, -0.2) is 14.6 Å². The highest BCUT2D eigenvalue weighted by Crippen LogP contribution is 2.32. The van der Waals surface area contributed by atoms with Gasteiger partial charge in [0.15, 0.2) is 12.0 Å². The van der Waals surface area contributed by atoms with E-state index in [1.54, 1.807) is 29.1 Å². The van der Waals surface area contributed by atoms with Gasteiger partial charge in [0.05, 0.1) is 29.3 Å². The van der Waals surface area contributed by atoms with Crippen LogP contribution in [0.2, 0.25) is 0 Å². The monoisotopic (exact) mass is 514 g/mol. The van der Waals surface area contributed by atoms with Crippen molar-refractivity contribution in [2.75, 3.05) is 17.2 Å². The molecule has 196 valence electrons. The van der Waals surface area contributed by atoms with Gasteiger partial charge in [-0.2, -0.15) is 4.98 Å². The lowest BCUT2D eigenvalue weighted by Crippen LogP contribution is -2.24. The summed E-state index contributed by atoms with van der Waals surface area (Å²) in [5.74, 6) is 1.36. The number of hydrogen-bond acceptors (Lipinski definition) is 9. The van der Waals surface area contributed by atoms with Crippen LogP contribution in [0.3, 0.4) is 0 Å². The van der Waals surface area contributed by atoms with Crippen LogP contribution >= 0.6 is 0 Å². The molecule has 0 unspecified atom stereocenters. The van der Waals surface area contributed by atoms with Gasteiger partial charge in [-0.3, -0.25) is 9.48 Å². The zero-order valence-electron chi connectivity index (χ0n) is 21.5. The Morgan fingerprint density at radius 2 is 1.89 bits per heavy atom. The number of pyridine rings is 2. The van der Waals surface area contributed by atoms with E-state index in [2.05, 4.69) is 25.8 Å². The van der Waals surface area contributed by atoms with E-state index >= 15 is 0 Å². The van der Waals surface area contributed by atoms with E-state index in [0.717, 1.165) is 12.0 Å². The smallest absolute Gasteiger partial charge is 0.276 e. The minimum atomic E-state index is -0.374. The van der Waals surface area contributed by atoms with E-state index < -0.39 is 0 Å². The lowest BCUT2D eigenvalue weighted by atomic mass is 10.1. The van der Waals surface area contributed by atoms with Crippen molar-refractivity contribution in [2.45, 2.75) is 45.8 Å². The summed E-state index contributed by atoms with van der Waals surface area (Å²) in [5, 5.41) is 21.0. The Labute approximate surface area is 219 Å². The van der Waals surface area contributed by atoms with Crippen LogP contribution in [0, 0.1) is 0 Å². The Morgan fingerprint density at radius 3 is 2.58 bits per heavy atom. The molecule has 0 saturated heterocycles. The van der Waals surface area contributed by atoms with Crippen LogP contribution < -0.4 is 16.2 Å². The van der Waals surface area contributed by atoms with Crippen molar-refractivity contribution in [1.29, 1.82) is 0 Å². The number of hydrogen-bond donors (Lipinski definition) is 3. The molecule has 11 heteroatoms. The minimum Gasteiger partial charge on any atom is -0.394 e. The van der Waals surface area contributed by atoms with Crippen molar-refractivity contribution in [3.05, 3.63) is 77.0 Å². The molecule has 5 rings (SSSR count). The second kappa shape index (κ2) is 10.9. The van der Waals surface area contributed by atoms with E-state index in [1.807, 2.05) is 55.8 Å². The van der Waals surface area contributed by atoms with Crippen LogP contribution in [-0.2, 0) is 6.54 Å². The normalized spacial score (nSPS) is 12.2. The fraction of sp³-hybridized carbons (Fsp3) is 0.296. The van der Waals surface area contributed by atoms with E-state index in [9.17, 15) is 9.90 Å². The molecule has 0 bridgehead atoms. The summed E-state index contributed by atoms with van der Waals surface area (Å²) in [6.45, 7) is 6.61. The van der Waals surface area contributed by atoms with Gasteiger partial charge < -0.3 is 20.3 Å². The third-order valence-corrected chi connectivity index (χ3v) is 6.21. The van der Waals surface area contributed by atoms with Gasteiger partial charge in [-0.1, -0.05) is 42.4 Å². The van der Waals surface area contributed by atoms with Crippen molar-refractivity contribution in [1.82, 2.24) is 29.5 Å². The van der Waals surface area contributed by atoms with Crippen molar-refractivity contribution >= 4 is 28.4 Å². The molecule has 4 heterocycles. The van der Waals surface area contributed by atoms with Crippen LogP contribution in [0.4, 0.5) is 17.3 Å². The molecule has 0 aliphatic carbocycles. The third-order valence-electron chi connectivity index (χ3n) is 6.21. The number of rotatable bonds is 10. The standard InChI is InChI=1S/C27H30N8O3/c1-4-12-34-27(37)19-10-11-23(33-25(19)35(34)17(2)3)32-24-13-21(20(14-28-24)26-29-16-30-38-26)31-22(15-36)18-8-6-5-7-9-18/h5-11,13-14,16-17,22,36H,4,12,15H2,1-3H3,(H2,28,31,32,33)/t22-/m1/s1. The molecule has 0 saturated carbocycles. The van der Waals surface area contributed by atoms with Crippen molar-refractivity contribution in [2.24, 2.45) is 0 Å². The van der Waals surface area contributed by atoms with Gasteiger partial charge in [-0.15, -0.1) is 0 Å². The van der Waals surface area contributed by atoms with Gasteiger partial charge in [0.25, 0.3) is 11.4 Å². The van der Waals surface area contributed by atoms with E-state index in [0.29, 0.717) is 46.4 Å². The summed E-state index contributed by atoms with van der Waals surface area (Å²) in [7, 11) is 0. The molecule has 38 heavy (non-hydrogen) atoms. The van der Waals surface area contributed by atoms with Gasteiger partial charge in [-0.05, 0) is 38.0 Å². The average Bonchev–Trinajstić information content (AvgIpc) is 3.55. The van der Waals surface area contributed by atoms with Crippen LogP contribution in [0.1, 0.15) is 44.8 Å². The summed E-state index contributed by atoms with van der Waals surface area (Å²) >= 11 is 0. The van der Waals surface area contributed by atoms with Crippen LogP contribution in [0.15, 0.2) is 70.4 Å². The summed E-state index contributed by atoms with van der Waals surface area (Å²) in [6.07, 6.45) is 3.79. The molecular weight excluding hydrogens is 484 g/mol. The number of fused-ring (bicyclic) bond motifs is 1. The fourth-order valence-corrected chi connectivity index (χ4v) is 4.50. The second-order valence-electron chi connectivity index (χ2n) is 9.21. The molecule has 3 N–H and O–H groups in total. The van der Waals surface area contributed by atoms with Crippen LogP contribution in [0.25, 0.3) is 22.5 Å². The highest BCUT2D eigenvalue weighted by molar-refractivity contribution is 5.79. The molecule has 5 aromatic rings. The fourth-order valence-electron chi connectivity index (χ4n) is 4.50. The molecule has 0 aliphatic heterocycles. The third kappa shape index (κ3) is 4.88. The first kappa shape index (κ1) is 25.2. The van der Waals surface area contributed by atoms with Gasteiger partial charge in [0.1, 0.15) is 11.6 Å². The zero-order chi connectivity index (χ0) is 26.6. The number of aliphatic hydroxyl groups is 1. The summed E-state index contributed by atoms with van der Waals surface area (Å²) < 4.78 is 8.98. The largest absolute Gasteiger partial charge is 0.394 e. The Morgan fingerprint density at radius 1 is 1.08 bits per heavy atom. The first-order chi connectivity index (χ1) is 18.5. The molecule has 11 nitrogen and oxygen atoms in total. The summed E-state index contributed by atoms with van der Waals surface area (Å²) in [6, 6.07) is 14.7. The Kier molecular flexibility index (Phi) is 7.18. The van der Waals surface area contributed by atoms with Crippen molar-refractivity contribution in [3.8, 4) is 11.5 Å². The van der Waals surface area contributed by atoms with E-state index in [-0.39, 0.29) is 24.2 Å². The molecule has 0 amide bonds. The maximum absolute atomic E-state index is 13.0. The number of aliphatic hydroxyl groups excluding tert-OH is 1. The number of benzene rings is 1. The number of nitrogens with zero attached hydrogens (tertiary/aromatic N) is 6. The molecule has 1 aromatic carbocycles. The lowest BCUT2D eigenvalue weighted by molar-refractivity contribution is 0.276. The maximum atomic E-state index is 13.0. The minimum absolute atomic E-state index is 0.0425. The molecule has 0 spiro atoms. The van der Waals surface area contributed by atoms with Crippen LogP contribution in [0.5, 0.6) is 0 Å². The highest BCUT2D eigenvalue weighted by atomic mass is 16.5. The number of anilines is 3. The molecular formula is C27H30N8O3. The maximum Gasteiger partial charge on any atom is 0.276 e. The van der Waals surface area contributed by atoms with E-state index in [1.165, 1.54) is 6.33 Å². The summed E-state index contributed by atoms with van der Waals surface area (Å²) in [4.78, 5) is 26.4. The highest BCUT2D eigenvalue weighted by Gasteiger charge is 2.19. The first-order valence-electron chi connectivity index (χ1n) is 12.6. The second-order valence-corrected chi connectivity index (χ2v) is 9.21. The zero-order valence-corrected chi connectivity index (χ0v) is 21.5.